The molecule has 0 bridgehead atoms. The Morgan fingerprint density at radius 2 is 1.78 bits per heavy atom. The molecule has 23 heavy (non-hydrogen) atoms. The van der Waals surface area contributed by atoms with Gasteiger partial charge in [-0.15, -0.1) is 0 Å². The number of methoxy groups -OCH3 is 1. The van der Waals surface area contributed by atoms with Crippen molar-refractivity contribution < 1.29 is 14.3 Å². The zero-order valence-corrected chi connectivity index (χ0v) is 13.9. The zero-order chi connectivity index (χ0) is 16.7. The van der Waals surface area contributed by atoms with E-state index in [4.69, 9.17) is 4.74 Å². The highest BCUT2D eigenvalue weighted by Crippen LogP contribution is 2.11. The van der Waals surface area contributed by atoms with Crippen molar-refractivity contribution in [1.29, 1.82) is 0 Å². The van der Waals surface area contributed by atoms with Crippen LogP contribution in [0.25, 0.3) is 0 Å². The molecular weight excluding hydrogens is 294 g/mol. The third kappa shape index (κ3) is 5.56. The lowest BCUT2D eigenvalue weighted by atomic mass is 10.1. The SMILES string of the molecule is COc1ccc(CCNC(=O)CC(=O)N2CCN(C)CC2)cc1. The third-order valence-corrected chi connectivity index (χ3v) is 4.06. The Bertz CT molecular complexity index is 522. The molecule has 0 unspecified atom stereocenters. The van der Waals surface area contributed by atoms with E-state index >= 15 is 0 Å². The molecule has 1 N–H and O–H groups in total. The van der Waals surface area contributed by atoms with Gasteiger partial charge in [0, 0.05) is 32.7 Å². The summed E-state index contributed by atoms with van der Waals surface area (Å²) in [6, 6.07) is 7.74. The largest absolute Gasteiger partial charge is 0.497 e. The van der Waals surface area contributed by atoms with Crippen molar-refractivity contribution in [2.45, 2.75) is 12.8 Å². The van der Waals surface area contributed by atoms with Crippen LogP contribution in [0.5, 0.6) is 5.75 Å². The lowest BCUT2D eigenvalue weighted by Crippen LogP contribution is -2.48. The molecule has 0 atom stereocenters. The van der Waals surface area contributed by atoms with Crippen molar-refractivity contribution in [1.82, 2.24) is 15.1 Å². The quantitative estimate of drug-likeness (QED) is 0.777. The lowest BCUT2D eigenvalue weighted by Gasteiger charge is -2.32. The molecule has 6 heteroatoms. The highest BCUT2D eigenvalue weighted by Gasteiger charge is 2.20. The van der Waals surface area contributed by atoms with E-state index in [-0.39, 0.29) is 18.2 Å². The Hall–Kier alpha value is -2.08. The highest BCUT2D eigenvalue weighted by atomic mass is 16.5. The topological polar surface area (TPSA) is 61.9 Å². The summed E-state index contributed by atoms with van der Waals surface area (Å²) in [5, 5.41) is 2.81. The van der Waals surface area contributed by atoms with Gasteiger partial charge in [0.2, 0.25) is 11.8 Å². The number of rotatable bonds is 6. The van der Waals surface area contributed by atoms with Gasteiger partial charge in [0.25, 0.3) is 0 Å². The molecule has 0 aliphatic carbocycles. The second-order valence-corrected chi connectivity index (χ2v) is 5.81. The number of nitrogens with one attached hydrogen (secondary N) is 1. The molecule has 1 aromatic rings. The van der Waals surface area contributed by atoms with Gasteiger partial charge < -0.3 is 19.9 Å². The van der Waals surface area contributed by atoms with Crippen LogP contribution in [0.3, 0.4) is 0 Å². The molecule has 1 heterocycles. The fourth-order valence-electron chi connectivity index (χ4n) is 2.51. The van der Waals surface area contributed by atoms with E-state index in [0.717, 1.165) is 30.8 Å². The van der Waals surface area contributed by atoms with Crippen molar-refractivity contribution >= 4 is 11.8 Å². The number of ether oxygens (including phenoxy) is 1. The van der Waals surface area contributed by atoms with Crippen LogP contribution in [0, 0.1) is 0 Å². The molecule has 2 amide bonds. The van der Waals surface area contributed by atoms with Crippen LogP contribution >= 0.6 is 0 Å². The predicted octanol–water partition coefficient (Wildman–Crippen LogP) is 0.518. The third-order valence-electron chi connectivity index (χ3n) is 4.06. The fourth-order valence-corrected chi connectivity index (χ4v) is 2.51. The molecule has 2 rings (SSSR count). The van der Waals surface area contributed by atoms with Crippen molar-refractivity contribution in [3.05, 3.63) is 29.8 Å². The molecule has 126 valence electrons. The number of amides is 2. The molecule has 1 aliphatic heterocycles. The number of carbonyl (C=O) groups is 2. The maximum atomic E-state index is 12.1. The summed E-state index contributed by atoms with van der Waals surface area (Å²) in [4.78, 5) is 27.9. The Morgan fingerprint density at radius 1 is 1.13 bits per heavy atom. The lowest BCUT2D eigenvalue weighted by molar-refractivity contribution is -0.137. The predicted molar refractivity (Wildman–Crippen MR) is 88.4 cm³/mol. The van der Waals surface area contributed by atoms with Gasteiger partial charge in [0.05, 0.1) is 7.11 Å². The zero-order valence-electron chi connectivity index (χ0n) is 13.9. The molecule has 0 spiro atoms. The first-order chi connectivity index (χ1) is 11.1. The summed E-state index contributed by atoms with van der Waals surface area (Å²) in [6.45, 7) is 3.67. The second-order valence-electron chi connectivity index (χ2n) is 5.81. The van der Waals surface area contributed by atoms with Gasteiger partial charge in [0.1, 0.15) is 12.2 Å². The van der Waals surface area contributed by atoms with Gasteiger partial charge in [-0.25, -0.2) is 0 Å². The van der Waals surface area contributed by atoms with Gasteiger partial charge in [-0.1, -0.05) is 12.1 Å². The molecule has 0 saturated carbocycles. The second kappa shape index (κ2) is 8.53. The number of likely N-dealkylation sites (N-methyl/N-ethyl adjacent to an activating group) is 1. The Morgan fingerprint density at radius 3 is 2.39 bits per heavy atom. The molecule has 1 aliphatic rings. The van der Waals surface area contributed by atoms with Gasteiger partial charge in [-0.3, -0.25) is 9.59 Å². The molecule has 1 saturated heterocycles. The van der Waals surface area contributed by atoms with E-state index in [1.54, 1.807) is 12.0 Å². The fraction of sp³-hybridized carbons (Fsp3) is 0.529. The van der Waals surface area contributed by atoms with Crippen LogP contribution < -0.4 is 10.1 Å². The van der Waals surface area contributed by atoms with E-state index < -0.39 is 0 Å². The summed E-state index contributed by atoms with van der Waals surface area (Å²) in [7, 11) is 3.67. The Balaban J connectivity index is 1.67. The number of nitrogens with zero attached hydrogens (tertiary/aromatic N) is 2. The summed E-state index contributed by atoms with van der Waals surface area (Å²) >= 11 is 0. The van der Waals surface area contributed by atoms with Crippen molar-refractivity contribution in [2.75, 3.05) is 46.9 Å². The smallest absolute Gasteiger partial charge is 0.232 e. The van der Waals surface area contributed by atoms with E-state index in [0.29, 0.717) is 19.6 Å². The van der Waals surface area contributed by atoms with Crippen LogP contribution in [-0.4, -0.2) is 68.5 Å². The average molecular weight is 319 g/mol. The molecule has 1 fully saturated rings. The minimum atomic E-state index is -0.206. The number of carbonyl (C=O) groups excluding carboxylic acids is 2. The van der Waals surface area contributed by atoms with Gasteiger partial charge in [0.15, 0.2) is 0 Å². The van der Waals surface area contributed by atoms with Crippen LogP contribution in [0.1, 0.15) is 12.0 Å². The van der Waals surface area contributed by atoms with Crippen LogP contribution in [-0.2, 0) is 16.0 Å². The van der Waals surface area contributed by atoms with Crippen LogP contribution in [0.15, 0.2) is 24.3 Å². The first-order valence-corrected chi connectivity index (χ1v) is 7.94. The van der Waals surface area contributed by atoms with Crippen molar-refractivity contribution in [2.24, 2.45) is 0 Å². The molecule has 0 aromatic heterocycles. The summed E-state index contributed by atoms with van der Waals surface area (Å²) < 4.78 is 5.10. The monoisotopic (exact) mass is 319 g/mol. The van der Waals surface area contributed by atoms with Crippen molar-refractivity contribution in [3.63, 3.8) is 0 Å². The molecular formula is C17H25N3O3. The van der Waals surface area contributed by atoms with Crippen molar-refractivity contribution in [3.8, 4) is 5.75 Å². The van der Waals surface area contributed by atoms with E-state index in [1.165, 1.54) is 0 Å². The Kier molecular flexibility index (Phi) is 6.40. The van der Waals surface area contributed by atoms with Crippen LogP contribution in [0.2, 0.25) is 0 Å². The first-order valence-electron chi connectivity index (χ1n) is 7.94. The van der Waals surface area contributed by atoms with E-state index in [9.17, 15) is 9.59 Å². The summed E-state index contributed by atoms with van der Waals surface area (Å²) in [5.41, 5.74) is 1.12. The number of benzene rings is 1. The summed E-state index contributed by atoms with van der Waals surface area (Å²) in [6.07, 6.45) is 0.671. The summed E-state index contributed by atoms with van der Waals surface area (Å²) in [5.74, 6) is 0.526. The molecule has 0 radical (unpaired) electrons. The number of hydrogen-bond donors (Lipinski definition) is 1. The minimum Gasteiger partial charge on any atom is -0.497 e. The van der Waals surface area contributed by atoms with Gasteiger partial charge >= 0.3 is 0 Å². The molecule has 1 aromatic carbocycles. The normalized spacial score (nSPS) is 15.3. The highest BCUT2D eigenvalue weighted by molar-refractivity contribution is 5.96. The maximum Gasteiger partial charge on any atom is 0.232 e. The van der Waals surface area contributed by atoms with Gasteiger partial charge in [-0.2, -0.15) is 0 Å². The minimum absolute atomic E-state index is 0.0632. The van der Waals surface area contributed by atoms with E-state index in [2.05, 4.69) is 10.2 Å². The van der Waals surface area contributed by atoms with Crippen LogP contribution in [0.4, 0.5) is 0 Å². The number of hydrogen-bond acceptors (Lipinski definition) is 4. The Labute approximate surface area is 137 Å². The number of piperazine rings is 1. The standard InChI is InChI=1S/C17H25N3O3/c1-19-9-11-20(12-10-19)17(22)13-16(21)18-8-7-14-3-5-15(23-2)6-4-14/h3-6H,7-13H2,1-2H3,(H,18,21). The maximum absolute atomic E-state index is 12.1. The molecule has 6 nitrogen and oxygen atoms in total. The van der Waals surface area contributed by atoms with Gasteiger partial charge in [-0.05, 0) is 31.2 Å². The van der Waals surface area contributed by atoms with E-state index in [1.807, 2.05) is 31.3 Å². The average Bonchev–Trinajstić information content (AvgIpc) is 2.56. The first kappa shape index (κ1) is 17.3.